The first-order chi connectivity index (χ1) is 17.0. The Kier molecular flexibility index (Phi) is 6.48. The van der Waals surface area contributed by atoms with Crippen molar-refractivity contribution < 1.29 is 22.7 Å². The van der Waals surface area contributed by atoms with Gasteiger partial charge in [-0.15, -0.1) is 11.3 Å². The number of hydrogen-bond acceptors (Lipinski definition) is 7. The Labute approximate surface area is 211 Å². The Morgan fingerprint density at radius 3 is 2.75 bits per heavy atom. The molecule has 0 N–H and O–H groups in total. The quantitative estimate of drug-likeness (QED) is 0.453. The van der Waals surface area contributed by atoms with E-state index in [-0.39, 0.29) is 11.0 Å². The summed E-state index contributed by atoms with van der Waals surface area (Å²) in [4.78, 5) is 26.8. The second kappa shape index (κ2) is 9.33. The largest absolute Gasteiger partial charge is 0.443 e. The Bertz CT molecular complexity index is 1250. The molecule has 0 bridgehead atoms. The molecule has 5 heterocycles. The van der Waals surface area contributed by atoms with Gasteiger partial charge in [-0.1, -0.05) is 0 Å². The topological polar surface area (TPSA) is 63.5 Å². The highest BCUT2D eigenvalue weighted by atomic mass is 32.1. The Balaban J connectivity index is 1.28. The van der Waals surface area contributed by atoms with E-state index < -0.39 is 18.2 Å². The molecule has 0 spiro atoms. The fraction of sp³-hybridized carbons (Fsp3) is 0.560. The number of piperidine rings is 1. The number of rotatable bonds is 4. The van der Waals surface area contributed by atoms with Crippen LogP contribution in [0.25, 0.3) is 10.2 Å². The maximum absolute atomic E-state index is 12.9. The van der Waals surface area contributed by atoms with Crippen molar-refractivity contribution in [2.24, 2.45) is 5.92 Å². The van der Waals surface area contributed by atoms with Crippen molar-refractivity contribution in [2.45, 2.75) is 64.4 Å². The summed E-state index contributed by atoms with van der Waals surface area (Å²) < 4.78 is 45.9. The van der Waals surface area contributed by atoms with Gasteiger partial charge < -0.3 is 9.64 Å². The zero-order valence-corrected chi connectivity index (χ0v) is 21.4. The summed E-state index contributed by atoms with van der Waals surface area (Å²) in [5.74, 6) is 1.14. The van der Waals surface area contributed by atoms with Crippen molar-refractivity contribution in [1.29, 1.82) is 0 Å². The van der Waals surface area contributed by atoms with Crippen LogP contribution < -0.4 is 4.90 Å². The number of carbonyl (C=O) groups excluding carboxylic acids is 1. The van der Waals surface area contributed by atoms with Gasteiger partial charge in [-0.05, 0) is 64.3 Å². The first kappa shape index (κ1) is 25.0. The van der Waals surface area contributed by atoms with E-state index in [9.17, 15) is 18.0 Å². The van der Waals surface area contributed by atoms with E-state index in [1.54, 1.807) is 16.8 Å². The summed E-state index contributed by atoms with van der Waals surface area (Å²) in [6.07, 6.45) is -0.436. The van der Waals surface area contributed by atoms with E-state index in [1.165, 1.54) is 6.33 Å². The fourth-order valence-electron chi connectivity index (χ4n) is 5.34. The minimum atomic E-state index is -4.25. The standard InChI is InChI=1S/C25H30F3N5O2S/c1-24(2,3)35-23(34)33-8-4-5-17(33)14-31-9-6-16-13-32(10-7-20(16)31)21-19-11-18(12-25(26,27)28)36-22(19)30-15-29-21/h4-5,8,11,15-16,20H,6-7,9-10,12-14H2,1-3H3/t16-,20+/m0/s1. The Hall–Kier alpha value is -2.66. The molecule has 0 aromatic carbocycles. The van der Waals surface area contributed by atoms with Crippen molar-refractivity contribution in [3.63, 3.8) is 0 Å². The van der Waals surface area contributed by atoms with Gasteiger partial charge in [0.15, 0.2) is 0 Å². The molecule has 194 valence electrons. The molecule has 36 heavy (non-hydrogen) atoms. The summed E-state index contributed by atoms with van der Waals surface area (Å²) in [6.45, 7) is 8.71. The molecule has 0 radical (unpaired) electrons. The van der Waals surface area contributed by atoms with Gasteiger partial charge in [-0.25, -0.2) is 14.8 Å². The number of alkyl halides is 3. The molecule has 11 heteroatoms. The lowest BCUT2D eigenvalue weighted by atomic mass is 9.92. The van der Waals surface area contributed by atoms with Crippen LogP contribution in [-0.4, -0.2) is 63.0 Å². The predicted molar refractivity (Wildman–Crippen MR) is 132 cm³/mol. The van der Waals surface area contributed by atoms with Gasteiger partial charge in [0.1, 0.15) is 22.6 Å². The van der Waals surface area contributed by atoms with Crippen molar-refractivity contribution in [2.75, 3.05) is 24.5 Å². The molecule has 0 unspecified atom stereocenters. The lowest BCUT2D eigenvalue weighted by molar-refractivity contribution is -0.126. The number of ether oxygens (including phenoxy) is 1. The molecule has 3 aromatic rings. The molecule has 2 atom stereocenters. The number of hydrogen-bond donors (Lipinski definition) is 0. The van der Waals surface area contributed by atoms with Crippen molar-refractivity contribution in [3.8, 4) is 0 Å². The van der Waals surface area contributed by atoms with Crippen LogP contribution >= 0.6 is 11.3 Å². The van der Waals surface area contributed by atoms with Crippen LogP contribution in [0.3, 0.4) is 0 Å². The Morgan fingerprint density at radius 2 is 2.00 bits per heavy atom. The smallest absolute Gasteiger partial charge is 0.418 e. The van der Waals surface area contributed by atoms with Gasteiger partial charge in [-0.3, -0.25) is 9.47 Å². The molecule has 2 saturated heterocycles. The predicted octanol–water partition coefficient (Wildman–Crippen LogP) is 5.48. The third kappa shape index (κ3) is 5.36. The number of fused-ring (bicyclic) bond motifs is 2. The van der Waals surface area contributed by atoms with Gasteiger partial charge in [0.2, 0.25) is 0 Å². The zero-order chi connectivity index (χ0) is 25.7. The highest BCUT2D eigenvalue weighted by molar-refractivity contribution is 7.18. The first-order valence-electron chi connectivity index (χ1n) is 12.2. The first-order valence-corrected chi connectivity index (χ1v) is 13.0. The Morgan fingerprint density at radius 1 is 1.19 bits per heavy atom. The highest BCUT2D eigenvalue weighted by Crippen LogP contribution is 2.38. The van der Waals surface area contributed by atoms with Gasteiger partial charge in [0, 0.05) is 42.4 Å². The van der Waals surface area contributed by atoms with Crippen LogP contribution in [0.1, 0.15) is 44.2 Å². The second-order valence-corrected chi connectivity index (χ2v) is 11.7. The molecular weight excluding hydrogens is 491 g/mol. The van der Waals surface area contributed by atoms with Crippen LogP contribution in [0.5, 0.6) is 0 Å². The normalized spacial score (nSPS) is 21.2. The maximum Gasteiger partial charge on any atom is 0.418 e. The van der Waals surface area contributed by atoms with Crippen molar-refractivity contribution in [3.05, 3.63) is 41.3 Å². The second-order valence-electron chi connectivity index (χ2n) is 10.6. The lowest BCUT2D eigenvalue weighted by Gasteiger charge is -2.38. The summed E-state index contributed by atoms with van der Waals surface area (Å²) >= 11 is 1.08. The average molecular weight is 522 g/mol. The van der Waals surface area contributed by atoms with E-state index in [0.29, 0.717) is 28.7 Å². The minimum absolute atomic E-state index is 0.258. The lowest BCUT2D eigenvalue weighted by Crippen LogP contribution is -2.46. The number of nitrogens with zero attached hydrogens (tertiary/aromatic N) is 5. The van der Waals surface area contributed by atoms with Crippen molar-refractivity contribution in [1.82, 2.24) is 19.4 Å². The molecule has 5 rings (SSSR count). The third-order valence-electron chi connectivity index (χ3n) is 6.77. The van der Waals surface area contributed by atoms with Crippen LogP contribution in [0, 0.1) is 5.92 Å². The number of aromatic nitrogens is 3. The average Bonchev–Trinajstić information content (AvgIpc) is 3.49. The molecule has 3 aromatic heterocycles. The molecular formula is C25H30F3N5O2S. The summed E-state index contributed by atoms with van der Waals surface area (Å²) in [6, 6.07) is 5.80. The van der Waals surface area contributed by atoms with E-state index in [1.807, 2.05) is 32.9 Å². The zero-order valence-electron chi connectivity index (χ0n) is 20.6. The highest BCUT2D eigenvalue weighted by Gasteiger charge is 2.39. The fourth-order valence-corrected chi connectivity index (χ4v) is 6.36. The van der Waals surface area contributed by atoms with Gasteiger partial charge in [0.05, 0.1) is 11.8 Å². The van der Waals surface area contributed by atoms with Gasteiger partial charge in [-0.2, -0.15) is 13.2 Å². The molecule has 0 aliphatic carbocycles. The van der Waals surface area contributed by atoms with Crippen LogP contribution in [0.4, 0.5) is 23.8 Å². The molecule has 2 fully saturated rings. The van der Waals surface area contributed by atoms with E-state index >= 15 is 0 Å². The maximum atomic E-state index is 12.9. The van der Waals surface area contributed by atoms with E-state index in [2.05, 4.69) is 19.8 Å². The third-order valence-corrected chi connectivity index (χ3v) is 7.82. The van der Waals surface area contributed by atoms with Crippen LogP contribution in [-0.2, 0) is 17.7 Å². The molecule has 0 saturated carbocycles. The van der Waals surface area contributed by atoms with Gasteiger partial charge in [0.25, 0.3) is 0 Å². The molecule has 2 aliphatic heterocycles. The van der Waals surface area contributed by atoms with Crippen molar-refractivity contribution >= 4 is 33.5 Å². The SMILES string of the molecule is CC(C)(C)OC(=O)n1cccc1CN1CC[C@H]2CN(c3ncnc4sc(CC(F)(F)F)cc34)CC[C@H]21. The summed E-state index contributed by atoms with van der Waals surface area (Å²) in [5, 5.41) is 0.699. The van der Waals surface area contributed by atoms with Gasteiger partial charge >= 0.3 is 12.3 Å². The molecule has 0 amide bonds. The van der Waals surface area contributed by atoms with Crippen LogP contribution in [0.15, 0.2) is 30.7 Å². The number of anilines is 1. The number of thiophene rings is 1. The number of carbonyl (C=O) groups is 1. The number of likely N-dealkylation sites (tertiary alicyclic amines) is 1. The summed E-state index contributed by atoms with van der Waals surface area (Å²) in [7, 11) is 0. The summed E-state index contributed by atoms with van der Waals surface area (Å²) in [5.41, 5.74) is 0.340. The van der Waals surface area contributed by atoms with E-state index in [4.69, 9.17) is 4.74 Å². The van der Waals surface area contributed by atoms with Crippen LogP contribution in [0.2, 0.25) is 0 Å². The monoisotopic (exact) mass is 521 g/mol. The number of halogens is 3. The molecule has 7 nitrogen and oxygen atoms in total. The molecule has 2 aliphatic rings. The minimum Gasteiger partial charge on any atom is -0.443 e. The van der Waals surface area contributed by atoms with E-state index in [0.717, 1.165) is 55.3 Å².